The lowest BCUT2D eigenvalue weighted by Gasteiger charge is -2.43. The summed E-state index contributed by atoms with van der Waals surface area (Å²) in [4.78, 5) is 2.20. The molecule has 1 aromatic rings. The van der Waals surface area contributed by atoms with Gasteiger partial charge < -0.3 is 10.2 Å². The molecule has 0 spiro atoms. The van der Waals surface area contributed by atoms with Crippen LogP contribution < -0.4 is 5.32 Å². The average molecular weight is 252 g/mol. The largest absolute Gasteiger partial charge is 0.311 e. The van der Waals surface area contributed by atoms with Crippen molar-refractivity contribution in [1.29, 1.82) is 0 Å². The Kier molecular flexibility index (Phi) is 4.88. The smallest absolute Gasteiger partial charge is 0.123 e. The van der Waals surface area contributed by atoms with E-state index in [1.165, 1.54) is 0 Å². The van der Waals surface area contributed by atoms with E-state index in [-0.39, 0.29) is 17.4 Å². The number of nitrogens with zero attached hydrogens (tertiary/aromatic N) is 1. The molecule has 2 unspecified atom stereocenters. The molecule has 0 amide bonds. The van der Waals surface area contributed by atoms with Crippen LogP contribution in [0, 0.1) is 12.7 Å². The van der Waals surface area contributed by atoms with Crippen LogP contribution >= 0.6 is 0 Å². The molecule has 1 rings (SSSR count). The number of hydrogen-bond acceptors (Lipinski definition) is 2. The third-order valence-corrected chi connectivity index (χ3v) is 4.05. The van der Waals surface area contributed by atoms with Crippen LogP contribution in [-0.4, -0.2) is 31.6 Å². The standard InChI is InChI=1S/C15H25FN2/c1-7-15(3,18(5)6)14(17-4)12-8-11(2)9-13(16)10-12/h8-10,14,17H,7H2,1-6H3. The maximum absolute atomic E-state index is 13.6. The number of hydrogen-bond donors (Lipinski definition) is 1. The second kappa shape index (κ2) is 5.81. The van der Waals surface area contributed by atoms with E-state index in [1.54, 1.807) is 12.1 Å². The summed E-state index contributed by atoms with van der Waals surface area (Å²) in [7, 11) is 6.07. The van der Waals surface area contributed by atoms with Gasteiger partial charge in [-0.05, 0) is 64.7 Å². The fourth-order valence-electron chi connectivity index (χ4n) is 2.55. The SMILES string of the molecule is CCC(C)(C(NC)c1cc(C)cc(F)c1)N(C)C. The zero-order valence-corrected chi connectivity index (χ0v) is 12.3. The number of nitrogens with one attached hydrogen (secondary N) is 1. The van der Waals surface area contributed by atoms with Crippen LogP contribution in [0.15, 0.2) is 18.2 Å². The number of rotatable bonds is 5. The minimum atomic E-state index is -0.164. The molecule has 102 valence electrons. The topological polar surface area (TPSA) is 15.3 Å². The lowest BCUT2D eigenvalue weighted by Crippen LogP contribution is -2.50. The third kappa shape index (κ3) is 2.90. The van der Waals surface area contributed by atoms with Crippen LogP contribution in [0.3, 0.4) is 0 Å². The van der Waals surface area contributed by atoms with E-state index in [2.05, 4.69) is 44.2 Å². The van der Waals surface area contributed by atoms with Gasteiger partial charge in [-0.3, -0.25) is 0 Å². The Balaban J connectivity index is 3.23. The van der Waals surface area contributed by atoms with Gasteiger partial charge in [0.25, 0.3) is 0 Å². The van der Waals surface area contributed by atoms with Gasteiger partial charge in [-0.15, -0.1) is 0 Å². The summed E-state index contributed by atoms with van der Waals surface area (Å²) in [5.41, 5.74) is 1.92. The molecule has 18 heavy (non-hydrogen) atoms. The average Bonchev–Trinajstić information content (AvgIpc) is 2.28. The predicted molar refractivity (Wildman–Crippen MR) is 75.3 cm³/mol. The minimum Gasteiger partial charge on any atom is -0.311 e. The molecule has 2 atom stereocenters. The Morgan fingerprint density at radius 2 is 1.94 bits per heavy atom. The van der Waals surface area contributed by atoms with Gasteiger partial charge in [0.15, 0.2) is 0 Å². The van der Waals surface area contributed by atoms with Crippen LogP contribution in [0.2, 0.25) is 0 Å². The Morgan fingerprint density at radius 1 is 1.33 bits per heavy atom. The van der Waals surface area contributed by atoms with Gasteiger partial charge in [0.05, 0.1) is 6.04 Å². The molecule has 0 aliphatic heterocycles. The lowest BCUT2D eigenvalue weighted by atomic mass is 9.83. The summed E-state index contributed by atoms with van der Waals surface area (Å²) >= 11 is 0. The highest BCUT2D eigenvalue weighted by atomic mass is 19.1. The molecule has 2 nitrogen and oxygen atoms in total. The van der Waals surface area contributed by atoms with E-state index in [9.17, 15) is 4.39 Å². The van der Waals surface area contributed by atoms with E-state index in [0.717, 1.165) is 17.5 Å². The lowest BCUT2D eigenvalue weighted by molar-refractivity contribution is 0.117. The number of likely N-dealkylation sites (N-methyl/N-ethyl adjacent to an activating group) is 2. The van der Waals surface area contributed by atoms with E-state index < -0.39 is 0 Å². The molecule has 0 aromatic heterocycles. The van der Waals surface area contributed by atoms with Crippen molar-refractivity contribution >= 4 is 0 Å². The van der Waals surface area contributed by atoms with Crippen LogP contribution in [0.4, 0.5) is 4.39 Å². The first-order valence-corrected chi connectivity index (χ1v) is 6.47. The second-order valence-electron chi connectivity index (χ2n) is 5.39. The summed E-state index contributed by atoms with van der Waals surface area (Å²) in [5.74, 6) is -0.164. The first kappa shape index (κ1) is 15.1. The fourth-order valence-corrected chi connectivity index (χ4v) is 2.55. The highest BCUT2D eigenvalue weighted by Gasteiger charge is 2.35. The van der Waals surface area contributed by atoms with Crippen molar-refractivity contribution in [3.63, 3.8) is 0 Å². The molecule has 0 bridgehead atoms. The van der Waals surface area contributed by atoms with E-state index in [1.807, 2.05) is 14.0 Å². The molecule has 0 heterocycles. The predicted octanol–water partition coefficient (Wildman–Crippen LogP) is 3.12. The molecule has 0 radical (unpaired) electrons. The minimum absolute atomic E-state index is 0.0466. The van der Waals surface area contributed by atoms with Gasteiger partial charge in [-0.2, -0.15) is 0 Å². The molecule has 1 N–H and O–H groups in total. The highest BCUT2D eigenvalue weighted by molar-refractivity contribution is 5.28. The van der Waals surface area contributed by atoms with Crippen molar-refractivity contribution in [2.24, 2.45) is 0 Å². The molecular formula is C15H25FN2. The summed E-state index contributed by atoms with van der Waals surface area (Å²) in [6, 6.07) is 5.36. The molecule has 0 aliphatic carbocycles. The van der Waals surface area contributed by atoms with Crippen molar-refractivity contribution < 1.29 is 4.39 Å². The van der Waals surface area contributed by atoms with Crippen LogP contribution in [-0.2, 0) is 0 Å². The van der Waals surface area contributed by atoms with E-state index >= 15 is 0 Å². The first-order valence-electron chi connectivity index (χ1n) is 6.47. The Bertz CT molecular complexity index is 383. The molecule has 0 saturated heterocycles. The fraction of sp³-hybridized carbons (Fsp3) is 0.600. The maximum atomic E-state index is 13.6. The highest BCUT2D eigenvalue weighted by Crippen LogP contribution is 2.33. The van der Waals surface area contributed by atoms with Crippen molar-refractivity contribution in [2.45, 2.75) is 38.8 Å². The summed E-state index contributed by atoms with van der Waals surface area (Å²) in [6.07, 6.45) is 0.987. The number of aryl methyl sites for hydroxylation is 1. The van der Waals surface area contributed by atoms with E-state index in [4.69, 9.17) is 0 Å². The normalized spacial score (nSPS) is 16.7. The zero-order valence-electron chi connectivity index (χ0n) is 12.3. The summed E-state index contributed by atoms with van der Waals surface area (Å²) in [6.45, 7) is 6.29. The van der Waals surface area contributed by atoms with Gasteiger partial charge >= 0.3 is 0 Å². The second-order valence-corrected chi connectivity index (χ2v) is 5.39. The summed E-state index contributed by atoms with van der Waals surface area (Å²) < 4.78 is 13.6. The molecule has 0 fully saturated rings. The quantitative estimate of drug-likeness (QED) is 0.866. The molecule has 1 aromatic carbocycles. The van der Waals surface area contributed by atoms with Crippen molar-refractivity contribution in [1.82, 2.24) is 10.2 Å². The van der Waals surface area contributed by atoms with Crippen LogP contribution in [0.5, 0.6) is 0 Å². The van der Waals surface area contributed by atoms with Crippen LogP contribution in [0.25, 0.3) is 0 Å². The Hall–Kier alpha value is -0.930. The van der Waals surface area contributed by atoms with Gasteiger partial charge in [0, 0.05) is 5.54 Å². The molecule has 0 saturated carbocycles. The number of benzene rings is 1. The molecule has 0 aliphatic rings. The Labute approximate surface area is 110 Å². The van der Waals surface area contributed by atoms with Gasteiger partial charge in [0.1, 0.15) is 5.82 Å². The van der Waals surface area contributed by atoms with Gasteiger partial charge in [-0.1, -0.05) is 13.0 Å². The number of halogens is 1. The zero-order chi connectivity index (χ0) is 13.9. The van der Waals surface area contributed by atoms with Gasteiger partial charge in [-0.25, -0.2) is 4.39 Å². The van der Waals surface area contributed by atoms with E-state index in [0.29, 0.717) is 0 Å². The third-order valence-electron chi connectivity index (χ3n) is 4.05. The van der Waals surface area contributed by atoms with Crippen molar-refractivity contribution in [3.8, 4) is 0 Å². The molecular weight excluding hydrogens is 227 g/mol. The maximum Gasteiger partial charge on any atom is 0.123 e. The summed E-state index contributed by atoms with van der Waals surface area (Å²) in [5, 5.41) is 3.34. The van der Waals surface area contributed by atoms with Crippen molar-refractivity contribution in [3.05, 3.63) is 35.1 Å². The molecule has 3 heteroatoms. The van der Waals surface area contributed by atoms with Gasteiger partial charge in [0.2, 0.25) is 0 Å². The Morgan fingerprint density at radius 3 is 2.33 bits per heavy atom. The monoisotopic (exact) mass is 252 g/mol. The van der Waals surface area contributed by atoms with Crippen LogP contribution in [0.1, 0.15) is 37.4 Å². The first-order chi connectivity index (χ1) is 8.35. The van der Waals surface area contributed by atoms with Crippen molar-refractivity contribution in [2.75, 3.05) is 21.1 Å².